The van der Waals surface area contributed by atoms with Gasteiger partial charge in [-0.1, -0.05) is 37.6 Å². The van der Waals surface area contributed by atoms with Gasteiger partial charge in [0.1, 0.15) is 0 Å². The highest BCUT2D eigenvalue weighted by Crippen LogP contribution is 2.25. The van der Waals surface area contributed by atoms with Crippen LogP contribution in [-0.4, -0.2) is 9.97 Å². The summed E-state index contributed by atoms with van der Waals surface area (Å²) in [5.74, 6) is 0.789. The van der Waals surface area contributed by atoms with E-state index in [-0.39, 0.29) is 0 Å². The molecule has 1 heterocycles. The van der Waals surface area contributed by atoms with Crippen molar-refractivity contribution in [1.29, 1.82) is 0 Å². The molecule has 0 radical (unpaired) electrons. The molecule has 0 N–H and O–H groups in total. The van der Waals surface area contributed by atoms with Gasteiger partial charge in [0.05, 0.1) is 0 Å². The second-order valence-electron chi connectivity index (χ2n) is 4.70. The highest BCUT2D eigenvalue weighted by molar-refractivity contribution is 5.81. The van der Waals surface area contributed by atoms with Crippen molar-refractivity contribution in [2.75, 3.05) is 0 Å². The molecule has 0 spiro atoms. The number of benzene rings is 1. The van der Waals surface area contributed by atoms with Crippen LogP contribution in [-0.2, 0) is 0 Å². The zero-order valence-electron chi connectivity index (χ0n) is 11.6. The summed E-state index contributed by atoms with van der Waals surface area (Å²) in [6, 6.07) is 10.3. The summed E-state index contributed by atoms with van der Waals surface area (Å²) in [5.41, 5.74) is 3.94. The van der Waals surface area contributed by atoms with Crippen LogP contribution in [0.5, 0.6) is 0 Å². The molecule has 0 saturated heterocycles. The Labute approximate surface area is 115 Å². The van der Waals surface area contributed by atoms with Crippen molar-refractivity contribution in [3.63, 3.8) is 0 Å². The molecule has 2 nitrogen and oxygen atoms in total. The van der Waals surface area contributed by atoms with Crippen LogP contribution >= 0.6 is 0 Å². The predicted molar refractivity (Wildman–Crippen MR) is 80.6 cm³/mol. The molecule has 0 aliphatic heterocycles. The van der Waals surface area contributed by atoms with E-state index in [2.05, 4.69) is 54.2 Å². The smallest absolute Gasteiger partial charge is 0.152 e. The molecule has 0 fully saturated rings. The Bertz CT molecular complexity index is 544. The number of hydrogen-bond acceptors (Lipinski definition) is 2. The topological polar surface area (TPSA) is 25.8 Å². The maximum absolute atomic E-state index is 4.29. The average Bonchev–Trinajstić information content (AvgIpc) is 2.45. The highest BCUT2D eigenvalue weighted by atomic mass is 14.8. The van der Waals surface area contributed by atoms with E-state index in [1.807, 2.05) is 6.07 Å². The number of allylic oxidation sites excluding steroid dienone is 1. The Balaban J connectivity index is 2.36. The summed E-state index contributed by atoms with van der Waals surface area (Å²) in [6.45, 7) is 4.37. The number of nitrogens with zero attached hydrogens (tertiary/aromatic N) is 2. The van der Waals surface area contributed by atoms with Crippen LogP contribution in [0.15, 0.2) is 42.7 Å². The van der Waals surface area contributed by atoms with Gasteiger partial charge in [-0.25, -0.2) is 9.97 Å². The minimum Gasteiger partial charge on any atom is -0.237 e. The molecular formula is C17H20N2. The summed E-state index contributed by atoms with van der Waals surface area (Å²) in [4.78, 5) is 8.59. The lowest BCUT2D eigenvalue weighted by Crippen LogP contribution is -1.92. The van der Waals surface area contributed by atoms with Crippen LogP contribution in [0.1, 0.15) is 43.1 Å². The molecule has 19 heavy (non-hydrogen) atoms. The Morgan fingerprint density at radius 1 is 1.11 bits per heavy atom. The van der Waals surface area contributed by atoms with Crippen molar-refractivity contribution in [2.24, 2.45) is 0 Å². The van der Waals surface area contributed by atoms with Gasteiger partial charge in [0, 0.05) is 12.4 Å². The molecule has 1 aromatic heterocycles. The number of aryl methyl sites for hydroxylation is 1. The summed E-state index contributed by atoms with van der Waals surface area (Å²) in [5, 5.41) is 0. The summed E-state index contributed by atoms with van der Waals surface area (Å²) < 4.78 is 0. The van der Waals surface area contributed by atoms with Crippen LogP contribution in [0, 0.1) is 6.92 Å². The maximum atomic E-state index is 4.29. The van der Waals surface area contributed by atoms with Gasteiger partial charge >= 0.3 is 0 Å². The maximum Gasteiger partial charge on any atom is 0.152 e. The third-order valence-corrected chi connectivity index (χ3v) is 3.18. The zero-order chi connectivity index (χ0) is 13.5. The van der Waals surface area contributed by atoms with Gasteiger partial charge in [-0.2, -0.15) is 0 Å². The summed E-state index contributed by atoms with van der Waals surface area (Å²) >= 11 is 0. The van der Waals surface area contributed by atoms with Gasteiger partial charge < -0.3 is 0 Å². The van der Waals surface area contributed by atoms with Crippen LogP contribution in [0.4, 0.5) is 0 Å². The first kappa shape index (κ1) is 13.5. The Kier molecular flexibility index (Phi) is 4.85. The molecule has 2 heteroatoms. The monoisotopic (exact) mass is 252 g/mol. The van der Waals surface area contributed by atoms with Gasteiger partial charge in [-0.05, 0) is 48.6 Å². The first-order valence-electron chi connectivity index (χ1n) is 6.85. The lowest BCUT2D eigenvalue weighted by Gasteiger charge is -2.10. The van der Waals surface area contributed by atoms with E-state index in [9.17, 15) is 0 Å². The van der Waals surface area contributed by atoms with Crippen LogP contribution in [0.25, 0.3) is 11.6 Å². The van der Waals surface area contributed by atoms with Gasteiger partial charge in [-0.15, -0.1) is 0 Å². The zero-order valence-corrected chi connectivity index (χ0v) is 11.6. The minimum absolute atomic E-state index is 0.789. The predicted octanol–water partition coefficient (Wildman–Crippen LogP) is 4.52. The second kappa shape index (κ2) is 6.83. The van der Waals surface area contributed by atoms with E-state index < -0.39 is 0 Å². The lowest BCUT2D eigenvalue weighted by molar-refractivity contribution is 0.825. The van der Waals surface area contributed by atoms with Crippen molar-refractivity contribution >= 4 is 11.6 Å². The SMILES string of the molecule is CCCC/C(=C/c1ncccn1)c1ccccc1C. The average molecular weight is 252 g/mol. The standard InChI is InChI=1S/C17H20N2/c1-3-4-9-15(13-17-18-11-7-12-19-17)16-10-6-5-8-14(16)2/h5-8,10-13H,3-4,9H2,1-2H3/b15-13-. The molecule has 2 aromatic rings. The molecule has 0 unspecified atom stereocenters. The third kappa shape index (κ3) is 3.75. The lowest BCUT2D eigenvalue weighted by atomic mass is 9.96. The van der Waals surface area contributed by atoms with Crippen LogP contribution < -0.4 is 0 Å². The van der Waals surface area contributed by atoms with E-state index in [1.165, 1.54) is 29.5 Å². The third-order valence-electron chi connectivity index (χ3n) is 3.18. The van der Waals surface area contributed by atoms with Gasteiger partial charge in [-0.3, -0.25) is 0 Å². The van der Waals surface area contributed by atoms with E-state index in [0.29, 0.717) is 0 Å². The Morgan fingerprint density at radius 2 is 1.84 bits per heavy atom. The summed E-state index contributed by atoms with van der Waals surface area (Å²) in [7, 11) is 0. The second-order valence-corrected chi connectivity index (χ2v) is 4.70. The van der Waals surface area contributed by atoms with E-state index in [4.69, 9.17) is 0 Å². The van der Waals surface area contributed by atoms with Gasteiger partial charge in [0.15, 0.2) is 5.82 Å². The molecule has 98 valence electrons. The molecule has 0 saturated carbocycles. The van der Waals surface area contributed by atoms with Crippen molar-refractivity contribution in [3.8, 4) is 0 Å². The largest absolute Gasteiger partial charge is 0.237 e. The molecule has 2 rings (SSSR count). The molecule has 0 amide bonds. The van der Waals surface area contributed by atoms with Crippen LogP contribution in [0.3, 0.4) is 0 Å². The van der Waals surface area contributed by atoms with E-state index in [1.54, 1.807) is 12.4 Å². The molecular weight excluding hydrogens is 232 g/mol. The first-order chi connectivity index (χ1) is 9.31. The van der Waals surface area contributed by atoms with E-state index >= 15 is 0 Å². The number of unbranched alkanes of at least 4 members (excludes halogenated alkanes) is 1. The molecule has 0 aliphatic rings. The van der Waals surface area contributed by atoms with Crippen LogP contribution in [0.2, 0.25) is 0 Å². The summed E-state index contributed by atoms with van der Waals surface area (Å²) in [6.07, 6.45) is 9.13. The van der Waals surface area contributed by atoms with Crippen molar-refractivity contribution in [1.82, 2.24) is 9.97 Å². The molecule has 0 atom stereocenters. The van der Waals surface area contributed by atoms with E-state index in [0.717, 1.165) is 12.2 Å². The van der Waals surface area contributed by atoms with Crippen molar-refractivity contribution < 1.29 is 0 Å². The quantitative estimate of drug-likeness (QED) is 0.782. The molecule has 1 aromatic carbocycles. The molecule has 0 bridgehead atoms. The number of hydrogen-bond donors (Lipinski definition) is 0. The fourth-order valence-corrected chi connectivity index (χ4v) is 2.13. The first-order valence-corrected chi connectivity index (χ1v) is 6.85. The fourth-order valence-electron chi connectivity index (χ4n) is 2.13. The molecule has 0 aliphatic carbocycles. The fraction of sp³-hybridized carbons (Fsp3) is 0.294. The minimum atomic E-state index is 0.789. The normalized spacial score (nSPS) is 11.6. The highest BCUT2D eigenvalue weighted by Gasteiger charge is 2.05. The van der Waals surface area contributed by atoms with Crippen molar-refractivity contribution in [3.05, 3.63) is 59.7 Å². The van der Waals surface area contributed by atoms with Gasteiger partial charge in [0.25, 0.3) is 0 Å². The number of aromatic nitrogens is 2. The van der Waals surface area contributed by atoms with Gasteiger partial charge in [0.2, 0.25) is 0 Å². The Morgan fingerprint density at radius 3 is 2.53 bits per heavy atom. The Hall–Kier alpha value is -1.96. The van der Waals surface area contributed by atoms with Crippen molar-refractivity contribution in [2.45, 2.75) is 33.1 Å². The number of rotatable bonds is 5.